The van der Waals surface area contributed by atoms with E-state index in [0.29, 0.717) is 5.56 Å². The molecule has 2 aromatic rings. The third kappa shape index (κ3) is 4.96. The molecule has 1 fully saturated rings. The first-order chi connectivity index (χ1) is 13.0. The monoisotopic (exact) mass is 367 g/mol. The van der Waals surface area contributed by atoms with Crippen molar-refractivity contribution in [2.75, 3.05) is 25.0 Å². The van der Waals surface area contributed by atoms with Crippen molar-refractivity contribution < 1.29 is 4.79 Å². The Morgan fingerprint density at radius 1 is 1.37 bits per heavy atom. The predicted molar refractivity (Wildman–Crippen MR) is 108 cm³/mol. The van der Waals surface area contributed by atoms with Crippen molar-refractivity contribution in [1.82, 2.24) is 19.7 Å². The van der Waals surface area contributed by atoms with Crippen LogP contribution in [0.3, 0.4) is 0 Å². The summed E-state index contributed by atoms with van der Waals surface area (Å²) in [7, 11) is 1.98. The average Bonchev–Trinajstić information content (AvgIpc) is 3.19. The number of likely N-dealkylation sites (tertiary alicyclic amines) is 1. The van der Waals surface area contributed by atoms with Crippen LogP contribution in [0, 0.1) is 0 Å². The van der Waals surface area contributed by atoms with Crippen LogP contribution in [0.4, 0.5) is 5.82 Å². The average molecular weight is 367 g/mol. The number of anilines is 1. The van der Waals surface area contributed by atoms with Crippen LogP contribution in [0.15, 0.2) is 48.9 Å². The number of piperidine rings is 1. The number of aryl methyl sites for hydroxylation is 1. The number of hydrogen-bond acceptors (Lipinski definition) is 4. The number of nitrogens with zero attached hydrogens (tertiary/aromatic N) is 5. The number of carbonyl (C=O) groups is 1. The molecular weight excluding hydrogens is 338 g/mol. The quantitative estimate of drug-likeness (QED) is 0.704. The molecule has 144 valence electrons. The van der Waals surface area contributed by atoms with Crippen LogP contribution >= 0.6 is 0 Å². The molecule has 1 atom stereocenters. The molecule has 27 heavy (non-hydrogen) atoms. The fourth-order valence-corrected chi connectivity index (χ4v) is 3.67. The van der Waals surface area contributed by atoms with Crippen molar-refractivity contribution in [2.24, 2.45) is 0 Å². The molecule has 0 bridgehead atoms. The molecule has 0 aromatic carbocycles. The fraction of sp³-hybridized carbons (Fsp3) is 0.476. The normalized spacial score (nSPS) is 17.0. The summed E-state index contributed by atoms with van der Waals surface area (Å²) in [6.07, 6.45) is 9.69. The highest BCUT2D eigenvalue weighted by atomic mass is 16.2. The molecule has 2 aromatic heterocycles. The van der Waals surface area contributed by atoms with Crippen LogP contribution in [0.25, 0.3) is 0 Å². The first kappa shape index (κ1) is 19.1. The minimum atomic E-state index is 0.0850. The van der Waals surface area contributed by atoms with Gasteiger partial charge in [-0.1, -0.05) is 12.2 Å². The largest absolute Gasteiger partial charge is 0.356 e. The van der Waals surface area contributed by atoms with Crippen molar-refractivity contribution >= 4 is 11.7 Å². The molecule has 0 radical (unpaired) electrons. The topological polar surface area (TPSA) is 54.3 Å². The number of pyridine rings is 1. The van der Waals surface area contributed by atoms with Gasteiger partial charge in [-0.2, -0.15) is 5.10 Å². The van der Waals surface area contributed by atoms with Gasteiger partial charge in [0, 0.05) is 51.3 Å². The van der Waals surface area contributed by atoms with Crippen LogP contribution in [0.1, 0.15) is 43.0 Å². The Balaban J connectivity index is 1.65. The van der Waals surface area contributed by atoms with Crippen LogP contribution < -0.4 is 4.90 Å². The summed E-state index contributed by atoms with van der Waals surface area (Å²) >= 11 is 0. The van der Waals surface area contributed by atoms with Gasteiger partial charge in [0.25, 0.3) is 5.91 Å². The number of hydrogen-bond donors (Lipinski definition) is 0. The highest BCUT2D eigenvalue weighted by Crippen LogP contribution is 2.23. The van der Waals surface area contributed by atoms with Crippen molar-refractivity contribution in [3.8, 4) is 0 Å². The molecule has 1 saturated heterocycles. The van der Waals surface area contributed by atoms with E-state index in [1.54, 1.807) is 12.4 Å². The van der Waals surface area contributed by atoms with Crippen LogP contribution in [0.5, 0.6) is 0 Å². The maximum absolute atomic E-state index is 13.1. The lowest BCUT2D eigenvalue weighted by atomic mass is 9.98. The van der Waals surface area contributed by atoms with E-state index < -0.39 is 0 Å². The van der Waals surface area contributed by atoms with E-state index in [2.05, 4.69) is 16.7 Å². The number of carbonyl (C=O) groups excluding carboxylic acids is 1. The van der Waals surface area contributed by atoms with Crippen LogP contribution in [-0.4, -0.2) is 51.8 Å². The van der Waals surface area contributed by atoms with Crippen molar-refractivity contribution in [2.45, 2.75) is 45.2 Å². The maximum atomic E-state index is 13.1. The van der Waals surface area contributed by atoms with Gasteiger partial charge in [-0.05, 0) is 50.8 Å². The summed E-state index contributed by atoms with van der Waals surface area (Å²) in [5.74, 6) is 0.935. The summed E-state index contributed by atoms with van der Waals surface area (Å²) in [6.45, 7) is 8.34. The van der Waals surface area contributed by atoms with Crippen LogP contribution in [-0.2, 0) is 6.54 Å². The molecule has 0 aliphatic carbocycles. The molecule has 1 aliphatic heterocycles. The second-order valence-corrected chi connectivity index (χ2v) is 7.42. The predicted octanol–water partition coefficient (Wildman–Crippen LogP) is 3.38. The first-order valence-electron chi connectivity index (χ1n) is 9.64. The Kier molecular flexibility index (Phi) is 6.27. The van der Waals surface area contributed by atoms with Gasteiger partial charge < -0.3 is 9.80 Å². The third-order valence-electron chi connectivity index (χ3n) is 5.03. The third-order valence-corrected chi connectivity index (χ3v) is 5.03. The maximum Gasteiger partial charge on any atom is 0.255 e. The first-order valence-corrected chi connectivity index (χ1v) is 9.64. The van der Waals surface area contributed by atoms with Gasteiger partial charge in [0.2, 0.25) is 0 Å². The highest BCUT2D eigenvalue weighted by Gasteiger charge is 2.27. The van der Waals surface area contributed by atoms with E-state index in [0.717, 1.165) is 50.3 Å². The Hall–Kier alpha value is -2.63. The van der Waals surface area contributed by atoms with Gasteiger partial charge in [0.15, 0.2) is 0 Å². The van der Waals surface area contributed by atoms with Crippen molar-refractivity contribution in [3.05, 3.63) is 54.5 Å². The highest BCUT2D eigenvalue weighted by molar-refractivity contribution is 5.94. The van der Waals surface area contributed by atoms with Gasteiger partial charge >= 0.3 is 0 Å². The lowest BCUT2D eigenvalue weighted by Gasteiger charge is -2.36. The summed E-state index contributed by atoms with van der Waals surface area (Å²) in [5.41, 5.74) is 1.74. The van der Waals surface area contributed by atoms with Gasteiger partial charge in [0.05, 0.1) is 5.56 Å². The zero-order valence-electron chi connectivity index (χ0n) is 16.3. The molecule has 1 amide bonds. The Morgan fingerprint density at radius 2 is 2.22 bits per heavy atom. The van der Waals surface area contributed by atoms with E-state index >= 15 is 0 Å². The van der Waals surface area contributed by atoms with E-state index in [9.17, 15) is 4.79 Å². The van der Waals surface area contributed by atoms with Crippen molar-refractivity contribution in [1.29, 1.82) is 0 Å². The molecule has 3 heterocycles. The number of likely N-dealkylation sites (N-methyl/N-ethyl adjacent to an activating group) is 1. The lowest BCUT2D eigenvalue weighted by molar-refractivity contribution is 0.0593. The van der Waals surface area contributed by atoms with Crippen LogP contribution in [0.2, 0.25) is 0 Å². The van der Waals surface area contributed by atoms with Crippen molar-refractivity contribution in [3.63, 3.8) is 0 Å². The zero-order chi connectivity index (χ0) is 19.2. The summed E-state index contributed by atoms with van der Waals surface area (Å²) in [4.78, 5) is 21.6. The smallest absolute Gasteiger partial charge is 0.255 e. The van der Waals surface area contributed by atoms with E-state index in [1.165, 1.54) is 6.42 Å². The van der Waals surface area contributed by atoms with E-state index in [-0.39, 0.29) is 11.9 Å². The second-order valence-electron chi connectivity index (χ2n) is 7.42. The molecule has 0 spiro atoms. The number of aromatic nitrogens is 3. The summed E-state index contributed by atoms with van der Waals surface area (Å²) < 4.78 is 1.94. The fourth-order valence-electron chi connectivity index (χ4n) is 3.67. The van der Waals surface area contributed by atoms with E-state index in [4.69, 9.17) is 0 Å². The molecule has 6 nitrogen and oxygen atoms in total. The number of amides is 1. The SMILES string of the molecule is C=C(C)CN(C)c1ccc(C(=O)N2CCCC[C@@H]2CCn2cccn2)cn1. The molecule has 6 heteroatoms. The minimum Gasteiger partial charge on any atom is -0.356 e. The molecular formula is C21H29N5O. The van der Waals surface area contributed by atoms with Gasteiger partial charge in [-0.25, -0.2) is 4.98 Å². The zero-order valence-corrected chi connectivity index (χ0v) is 16.3. The van der Waals surface area contributed by atoms with Gasteiger partial charge in [0.1, 0.15) is 5.82 Å². The van der Waals surface area contributed by atoms with E-state index in [1.807, 2.05) is 52.8 Å². The molecule has 3 rings (SSSR count). The molecule has 1 aliphatic rings. The Bertz CT molecular complexity index is 753. The lowest BCUT2D eigenvalue weighted by Crippen LogP contribution is -2.44. The minimum absolute atomic E-state index is 0.0850. The number of rotatable bonds is 7. The Labute approximate surface area is 161 Å². The van der Waals surface area contributed by atoms with Gasteiger partial charge in [-0.3, -0.25) is 9.48 Å². The second kappa shape index (κ2) is 8.84. The molecule has 0 saturated carbocycles. The Morgan fingerprint density at radius 3 is 2.89 bits per heavy atom. The standard InChI is InChI=1S/C21H29N5O/c1-17(2)16-24(3)20-9-8-18(15-22-20)21(27)26-13-5-4-7-19(26)10-14-25-12-6-11-23-25/h6,8-9,11-12,15,19H,1,4-5,7,10,13-14,16H2,2-3H3/t19-/m1/s1. The summed E-state index contributed by atoms with van der Waals surface area (Å²) in [6, 6.07) is 6.00. The molecule has 0 unspecified atom stereocenters. The summed E-state index contributed by atoms with van der Waals surface area (Å²) in [5, 5.41) is 4.27. The van der Waals surface area contributed by atoms with Gasteiger partial charge in [-0.15, -0.1) is 0 Å². The molecule has 0 N–H and O–H groups in total.